The van der Waals surface area contributed by atoms with Crippen LogP contribution < -0.4 is 9.64 Å². The highest BCUT2D eigenvalue weighted by molar-refractivity contribution is 5.70. The number of fused-ring (bicyclic) bond motifs is 1. The molecule has 0 saturated heterocycles. The molecular weight excluding hydrogens is 392 g/mol. The topological polar surface area (TPSA) is 25.4 Å². The Bertz CT molecular complexity index is 1070. The molecule has 32 heavy (non-hydrogen) atoms. The number of anilines is 1. The number of aryl methyl sites for hydroxylation is 4. The van der Waals surface area contributed by atoms with Crippen LogP contribution in [0.1, 0.15) is 55.1 Å². The van der Waals surface area contributed by atoms with Crippen molar-refractivity contribution >= 4 is 5.69 Å². The summed E-state index contributed by atoms with van der Waals surface area (Å²) >= 11 is 0. The van der Waals surface area contributed by atoms with Gasteiger partial charge in [0.2, 0.25) is 0 Å². The van der Waals surface area contributed by atoms with Crippen molar-refractivity contribution in [2.24, 2.45) is 0 Å². The number of pyridine rings is 1. The summed E-state index contributed by atoms with van der Waals surface area (Å²) < 4.78 is 5.93. The fraction of sp³-hybridized carbons (Fsp3) is 0.414. The number of ether oxygens (including phenoxy) is 1. The maximum absolute atomic E-state index is 5.93. The van der Waals surface area contributed by atoms with Gasteiger partial charge in [-0.1, -0.05) is 50.2 Å². The average Bonchev–Trinajstić information content (AvgIpc) is 2.83. The number of benzene rings is 2. The van der Waals surface area contributed by atoms with Gasteiger partial charge in [0.1, 0.15) is 5.75 Å². The first-order valence-electron chi connectivity index (χ1n) is 12.1. The molecule has 0 spiro atoms. The molecule has 1 unspecified atom stereocenters. The highest BCUT2D eigenvalue weighted by Gasteiger charge is 2.24. The SMILES string of the molecule is CCc1cccc(CC)c1-c1cc(OC)c(CC(C)N2CCCc3ccccc32)c(C)n1. The van der Waals surface area contributed by atoms with Gasteiger partial charge in [0.25, 0.3) is 0 Å². The van der Waals surface area contributed by atoms with Crippen LogP contribution in [0.2, 0.25) is 0 Å². The van der Waals surface area contributed by atoms with Crippen molar-refractivity contribution in [2.75, 3.05) is 18.6 Å². The minimum absolute atomic E-state index is 0.380. The average molecular weight is 429 g/mol. The molecule has 3 aromatic rings. The van der Waals surface area contributed by atoms with E-state index in [4.69, 9.17) is 9.72 Å². The summed E-state index contributed by atoms with van der Waals surface area (Å²) in [5, 5.41) is 0. The van der Waals surface area contributed by atoms with Gasteiger partial charge in [-0.05, 0) is 68.7 Å². The zero-order valence-corrected chi connectivity index (χ0v) is 20.2. The smallest absolute Gasteiger partial charge is 0.126 e. The molecule has 1 aliphatic rings. The van der Waals surface area contributed by atoms with Gasteiger partial charge in [0.15, 0.2) is 0 Å². The second kappa shape index (κ2) is 9.77. The Labute approximate surface area is 193 Å². The predicted octanol–water partition coefficient (Wildman–Crippen LogP) is 6.57. The Balaban J connectivity index is 1.69. The number of rotatable bonds is 7. The van der Waals surface area contributed by atoms with E-state index in [2.05, 4.69) is 81.1 Å². The lowest BCUT2D eigenvalue weighted by molar-refractivity contribution is 0.406. The third-order valence-electron chi connectivity index (χ3n) is 6.94. The molecule has 0 bridgehead atoms. The molecule has 0 aliphatic carbocycles. The zero-order chi connectivity index (χ0) is 22.7. The van der Waals surface area contributed by atoms with E-state index in [0.717, 1.165) is 42.9 Å². The lowest BCUT2D eigenvalue weighted by atomic mass is 9.93. The molecule has 4 rings (SSSR count). The van der Waals surface area contributed by atoms with E-state index in [1.54, 1.807) is 7.11 Å². The van der Waals surface area contributed by atoms with Crippen LogP contribution in [-0.2, 0) is 25.7 Å². The molecule has 0 radical (unpaired) electrons. The van der Waals surface area contributed by atoms with Crippen LogP contribution in [0.5, 0.6) is 5.75 Å². The number of methoxy groups -OCH3 is 1. The summed E-state index contributed by atoms with van der Waals surface area (Å²) in [4.78, 5) is 7.68. The Hall–Kier alpha value is -2.81. The van der Waals surface area contributed by atoms with E-state index >= 15 is 0 Å². The Morgan fingerprint density at radius 3 is 2.44 bits per heavy atom. The molecule has 3 nitrogen and oxygen atoms in total. The van der Waals surface area contributed by atoms with Crippen LogP contribution >= 0.6 is 0 Å². The van der Waals surface area contributed by atoms with Crippen molar-refractivity contribution in [3.8, 4) is 17.0 Å². The Kier molecular flexibility index (Phi) is 6.83. The van der Waals surface area contributed by atoms with Gasteiger partial charge in [0, 0.05) is 41.2 Å². The number of hydrogen-bond donors (Lipinski definition) is 0. The standard InChI is InChI=1S/C29H36N2O/c1-6-22-13-10-14-23(7-2)29(22)26-19-28(32-5)25(21(4)30-26)18-20(3)31-17-11-15-24-12-8-9-16-27(24)31/h8-10,12-14,16,19-20H,6-7,11,15,17-18H2,1-5H3. The van der Waals surface area contributed by atoms with Gasteiger partial charge in [-0.25, -0.2) is 0 Å². The Morgan fingerprint density at radius 1 is 1.03 bits per heavy atom. The normalized spacial score (nSPS) is 14.2. The van der Waals surface area contributed by atoms with E-state index in [1.165, 1.54) is 46.3 Å². The van der Waals surface area contributed by atoms with Gasteiger partial charge in [0.05, 0.1) is 12.8 Å². The number of hydrogen-bond acceptors (Lipinski definition) is 3. The first-order chi connectivity index (χ1) is 15.6. The van der Waals surface area contributed by atoms with Crippen LogP contribution in [0, 0.1) is 6.92 Å². The number of aromatic nitrogens is 1. The molecule has 1 aromatic heterocycles. The quantitative estimate of drug-likeness (QED) is 0.425. The molecular formula is C29H36N2O. The molecule has 0 amide bonds. The third-order valence-corrected chi connectivity index (χ3v) is 6.94. The number of para-hydroxylation sites is 1. The largest absolute Gasteiger partial charge is 0.496 e. The summed E-state index contributed by atoms with van der Waals surface area (Å²) in [7, 11) is 1.79. The summed E-state index contributed by atoms with van der Waals surface area (Å²) in [6.45, 7) is 10.0. The second-order valence-corrected chi connectivity index (χ2v) is 8.91. The van der Waals surface area contributed by atoms with Crippen LogP contribution in [0.25, 0.3) is 11.3 Å². The highest BCUT2D eigenvalue weighted by atomic mass is 16.5. The monoisotopic (exact) mass is 428 g/mol. The second-order valence-electron chi connectivity index (χ2n) is 8.91. The fourth-order valence-corrected chi connectivity index (χ4v) is 5.23. The summed E-state index contributed by atoms with van der Waals surface area (Å²) in [5.41, 5.74) is 10.2. The van der Waals surface area contributed by atoms with Crippen molar-refractivity contribution < 1.29 is 4.74 Å². The third kappa shape index (κ3) is 4.26. The van der Waals surface area contributed by atoms with Crippen LogP contribution in [-0.4, -0.2) is 24.7 Å². The first kappa shape index (κ1) is 22.4. The molecule has 1 atom stereocenters. The van der Waals surface area contributed by atoms with Crippen molar-refractivity contribution in [2.45, 2.75) is 65.8 Å². The van der Waals surface area contributed by atoms with Crippen molar-refractivity contribution in [1.82, 2.24) is 4.98 Å². The molecule has 2 heterocycles. The Morgan fingerprint density at radius 2 is 1.75 bits per heavy atom. The van der Waals surface area contributed by atoms with E-state index < -0.39 is 0 Å². The van der Waals surface area contributed by atoms with Crippen LogP contribution in [0.3, 0.4) is 0 Å². The van der Waals surface area contributed by atoms with Crippen molar-refractivity contribution in [3.05, 3.63) is 76.5 Å². The van der Waals surface area contributed by atoms with Gasteiger partial charge in [-0.15, -0.1) is 0 Å². The lowest BCUT2D eigenvalue weighted by Gasteiger charge is -2.36. The minimum atomic E-state index is 0.380. The zero-order valence-electron chi connectivity index (χ0n) is 20.2. The van der Waals surface area contributed by atoms with Crippen molar-refractivity contribution in [1.29, 1.82) is 0 Å². The van der Waals surface area contributed by atoms with E-state index in [0.29, 0.717) is 6.04 Å². The van der Waals surface area contributed by atoms with Gasteiger partial charge in [-0.3, -0.25) is 4.98 Å². The molecule has 0 fully saturated rings. The predicted molar refractivity (Wildman–Crippen MR) is 135 cm³/mol. The summed E-state index contributed by atoms with van der Waals surface area (Å²) in [5.74, 6) is 0.956. The number of nitrogens with zero attached hydrogens (tertiary/aromatic N) is 2. The van der Waals surface area contributed by atoms with Gasteiger partial charge >= 0.3 is 0 Å². The molecule has 1 aliphatic heterocycles. The van der Waals surface area contributed by atoms with Crippen LogP contribution in [0.4, 0.5) is 5.69 Å². The first-order valence-corrected chi connectivity index (χ1v) is 12.1. The van der Waals surface area contributed by atoms with Crippen molar-refractivity contribution in [3.63, 3.8) is 0 Å². The molecule has 0 saturated carbocycles. The fourth-order valence-electron chi connectivity index (χ4n) is 5.23. The minimum Gasteiger partial charge on any atom is -0.496 e. The van der Waals surface area contributed by atoms with Crippen LogP contribution in [0.15, 0.2) is 48.5 Å². The van der Waals surface area contributed by atoms with Gasteiger partial charge in [-0.2, -0.15) is 0 Å². The van der Waals surface area contributed by atoms with E-state index in [-0.39, 0.29) is 0 Å². The van der Waals surface area contributed by atoms with E-state index in [1.807, 2.05) is 0 Å². The maximum Gasteiger partial charge on any atom is 0.126 e. The molecule has 3 heteroatoms. The molecule has 168 valence electrons. The van der Waals surface area contributed by atoms with Gasteiger partial charge < -0.3 is 9.64 Å². The molecule has 2 aromatic carbocycles. The molecule has 0 N–H and O–H groups in total. The lowest BCUT2D eigenvalue weighted by Crippen LogP contribution is -2.38. The highest BCUT2D eigenvalue weighted by Crippen LogP contribution is 2.35. The maximum atomic E-state index is 5.93. The van der Waals surface area contributed by atoms with E-state index in [9.17, 15) is 0 Å². The summed E-state index contributed by atoms with van der Waals surface area (Å²) in [6, 6.07) is 18.0. The summed E-state index contributed by atoms with van der Waals surface area (Å²) in [6.07, 6.45) is 5.31.